The zero-order valence-corrected chi connectivity index (χ0v) is 15.1. The topological polar surface area (TPSA) is 21.3 Å². The predicted octanol–water partition coefficient (Wildman–Crippen LogP) is 4.70. The van der Waals surface area contributed by atoms with E-state index in [1.165, 1.54) is 0 Å². The highest BCUT2D eigenvalue weighted by Gasteiger charge is 2.02. The van der Waals surface area contributed by atoms with Gasteiger partial charge < -0.3 is 10.1 Å². The molecule has 3 radical (unpaired) electrons. The third-order valence-electron chi connectivity index (χ3n) is 3.08. The molecule has 0 spiro atoms. The first-order valence-corrected chi connectivity index (χ1v) is 8.49. The molecule has 0 unspecified atom stereocenters. The molecule has 121 valence electrons. The number of rotatable bonds is 4. The summed E-state index contributed by atoms with van der Waals surface area (Å²) in [6.07, 6.45) is 0.184. The molecular weight excluding hydrogens is 310 g/mol. The lowest BCUT2D eigenvalue weighted by molar-refractivity contribution is 0.242. The van der Waals surface area contributed by atoms with Gasteiger partial charge in [0.25, 0.3) is 0 Å². The van der Waals surface area contributed by atoms with Crippen molar-refractivity contribution in [2.45, 2.75) is 20.0 Å². The molecule has 0 aliphatic carbocycles. The standard InChI is InChI=1S/C15H16NOSi.C6H6/c1-11(2)17-13-8-9-14(15(18)10-13)16-12-6-4-3-5-7-12;1-2-4-6-5-3-1/h3-11,16H,1-2H3;1-6H. The lowest BCUT2D eigenvalue weighted by Gasteiger charge is -2.13. The minimum absolute atomic E-state index is 0.184. The summed E-state index contributed by atoms with van der Waals surface area (Å²) >= 11 is 0. The molecule has 3 aromatic rings. The molecule has 3 aromatic carbocycles. The fourth-order valence-corrected chi connectivity index (χ4v) is 2.33. The van der Waals surface area contributed by atoms with E-state index in [0.29, 0.717) is 0 Å². The molecule has 0 aliphatic rings. The van der Waals surface area contributed by atoms with Crippen molar-refractivity contribution in [1.29, 1.82) is 0 Å². The monoisotopic (exact) mass is 332 g/mol. The van der Waals surface area contributed by atoms with Crippen LogP contribution >= 0.6 is 0 Å². The molecule has 0 saturated heterocycles. The molecule has 0 amide bonds. The highest BCUT2D eigenvalue weighted by Crippen LogP contribution is 2.18. The second-order valence-electron chi connectivity index (χ2n) is 5.52. The Labute approximate surface area is 147 Å². The van der Waals surface area contributed by atoms with E-state index in [9.17, 15) is 0 Å². The predicted molar refractivity (Wildman–Crippen MR) is 104 cm³/mol. The molecule has 0 fully saturated rings. The van der Waals surface area contributed by atoms with Crippen LogP contribution in [0, 0.1) is 0 Å². The van der Waals surface area contributed by atoms with E-state index < -0.39 is 0 Å². The van der Waals surface area contributed by atoms with Crippen molar-refractivity contribution in [2.24, 2.45) is 0 Å². The molecular formula is C21H22NOSi. The Hall–Kier alpha value is -2.52. The van der Waals surface area contributed by atoms with E-state index in [2.05, 4.69) is 15.6 Å². The first-order chi connectivity index (χ1) is 11.6. The SMILES string of the molecule is CC(C)Oc1ccc(Nc2ccccc2)c([Si])c1.c1ccccc1. The van der Waals surface area contributed by atoms with Crippen LogP contribution in [0.4, 0.5) is 11.4 Å². The van der Waals surface area contributed by atoms with Crippen LogP contribution in [-0.4, -0.2) is 16.3 Å². The molecule has 1 N–H and O–H groups in total. The number of nitrogens with one attached hydrogen (secondary N) is 1. The smallest absolute Gasteiger partial charge is 0.119 e. The quantitative estimate of drug-likeness (QED) is 0.699. The van der Waals surface area contributed by atoms with Crippen LogP contribution in [0.25, 0.3) is 0 Å². The Bertz CT molecular complexity index is 688. The summed E-state index contributed by atoms with van der Waals surface area (Å²) < 4.78 is 5.64. The highest BCUT2D eigenvalue weighted by atomic mass is 28.1. The maximum atomic E-state index is 5.64. The van der Waals surface area contributed by atoms with Crippen LogP contribution in [-0.2, 0) is 0 Å². The van der Waals surface area contributed by atoms with Gasteiger partial charge in [0.15, 0.2) is 0 Å². The molecule has 0 aliphatic heterocycles. The van der Waals surface area contributed by atoms with Gasteiger partial charge in [0.2, 0.25) is 0 Å². The van der Waals surface area contributed by atoms with Gasteiger partial charge in [-0.1, -0.05) is 54.6 Å². The average molecular weight is 332 g/mol. The van der Waals surface area contributed by atoms with E-state index in [1.54, 1.807) is 0 Å². The van der Waals surface area contributed by atoms with Crippen molar-refractivity contribution in [3.63, 3.8) is 0 Å². The van der Waals surface area contributed by atoms with Gasteiger partial charge in [0.05, 0.1) is 16.3 Å². The van der Waals surface area contributed by atoms with E-state index >= 15 is 0 Å². The molecule has 24 heavy (non-hydrogen) atoms. The zero-order chi connectivity index (χ0) is 17.2. The maximum Gasteiger partial charge on any atom is 0.119 e. The summed E-state index contributed by atoms with van der Waals surface area (Å²) in [4.78, 5) is 0. The van der Waals surface area contributed by atoms with Crippen molar-refractivity contribution >= 4 is 26.8 Å². The summed E-state index contributed by atoms with van der Waals surface area (Å²) in [5, 5.41) is 4.33. The summed E-state index contributed by atoms with van der Waals surface area (Å²) in [7, 11) is 3.61. The highest BCUT2D eigenvalue weighted by molar-refractivity contribution is 6.36. The van der Waals surface area contributed by atoms with Gasteiger partial charge in [-0.15, -0.1) is 0 Å². The largest absolute Gasteiger partial charge is 0.491 e. The van der Waals surface area contributed by atoms with Crippen molar-refractivity contribution in [2.75, 3.05) is 5.32 Å². The van der Waals surface area contributed by atoms with Crippen LogP contribution in [0.15, 0.2) is 84.9 Å². The van der Waals surface area contributed by atoms with Crippen LogP contribution in [0.3, 0.4) is 0 Å². The number of hydrogen-bond donors (Lipinski definition) is 1. The Morgan fingerprint density at radius 2 is 1.33 bits per heavy atom. The van der Waals surface area contributed by atoms with E-state index in [4.69, 9.17) is 4.74 Å². The first-order valence-electron chi connectivity index (χ1n) is 7.99. The number of hydrogen-bond acceptors (Lipinski definition) is 2. The van der Waals surface area contributed by atoms with Crippen molar-refractivity contribution in [3.05, 3.63) is 84.9 Å². The molecule has 3 heteroatoms. The van der Waals surface area contributed by atoms with E-state index in [-0.39, 0.29) is 6.10 Å². The Balaban J connectivity index is 0.000000292. The molecule has 0 aromatic heterocycles. The molecule has 0 saturated carbocycles. The number of ether oxygens (including phenoxy) is 1. The lowest BCUT2D eigenvalue weighted by atomic mass is 10.2. The average Bonchev–Trinajstić information content (AvgIpc) is 2.60. The summed E-state index contributed by atoms with van der Waals surface area (Å²) in [5.41, 5.74) is 2.09. The summed E-state index contributed by atoms with van der Waals surface area (Å²) in [5.74, 6) is 0.869. The number of anilines is 2. The number of para-hydroxylation sites is 1. The second kappa shape index (κ2) is 9.58. The second-order valence-corrected chi connectivity index (χ2v) is 6.06. The minimum Gasteiger partial charge on any atom is -0.491 e. The van der Waals surface area contributed by atoms with E-state index in [1.807, 2.05) is 98.8 Å². The maximum absolute atomic E-state index is 5.64. The fourth-order valence-electron chi connectivity index (χ4n) is 2.04. The van der Waals surface area contributed by atoms with Gasteiger partial charge in [-0.25, -0.2) is 0 Å². The third-order valence-corrected chi connectivity index (χ3v) is 3.50. The number of benzene rings is 3. The zero-order valence-electron chi connectivity index (χ0n) is 14.1. The van der Waals surface area contributed by atoms with Gasteiger partial charge in [-0.2, -0.15) is 0 Å². The van der Waals surface area contributed by atoms with Gasteiger partial charge in [-0.05, 0) is 49.4 Å². The Morgan fingerprint density at radius 1 is 0.792 bits per heavy atom. The van der Waals surface area contributed by atoms with Gasteiger partial charge in [0, 0.05) is 11.4 Å². The van der Waals surface area contributed by atoms with Gasteiger partial charge >= 0.3 is 0 Å². The van der Waals surface area contributed by atoms with Crippen molar-refractivity contribution in [1.82, 2.24) is 0 Å². The molecule has 3 rings (SSSR count). The van der Waals surface area contributed by atoms with Crippen LogP contribution in [0.1, 0.15) is 13.8 Å². The van der Waals surface area contributed by atoms with Gasteiger partial charge in [0.1, 0.15) is 5.75 Å². The lowest BCUT2D eigenvalue weighted by Crippen LogP contribution is -2.12. The van der Waals surface area contributed by atoms with Crippen LogP contribution < -0.4 is 15.2 Å². The van der Waals surface area contributed by atoms with Gasteiger partial charge in [-0.3, -0.25) is 0 Å². The molecule has 0 bridgehead atoms. The van der Waals surface area contributed by atoms with Crippen LogP contribution in [0.5, 0.6) is 5.75 Å². The summed E-state index contributed by atoms with van der Waals surface area (Å²) in [6, 6.07) is 28.0. The first kappa shape index (κ1) is 17.8. The Morgan fingerprint density at radius 3 is 1.83 bits per heavy atom. The third kappa shape index (κ3) is 6.30. The fraction of sp³-hybridized carbons (Fsp3) is 0.143. The van der Waals surface area contributed by atoms with Crippen LogP contribution in [0.2, 0.25) is 0 Å². The normalized spacial score (nSPS) is 9.83. The molecule has 0 heterocycles. The molecule has 0 atom stereocenters. The Kier molecular flexibility index (Phi) is 7.11. The van der Waals surface area contributed by atoms with E-state index in [0.717, 1.165) is 22.3 Å². The summed E-state index contributed by atoms with van der Waals surface area (Å²) in [6.45, 7) is 4.03. The minimum atomic E-state index is 0.184. The van der Waals surface area contributed by atoms with Crippen molar-refractivity contribution in [3.8, 4) is 5.75 Å². The van der Waals surface area contributed by atoms with Crippen molar-refractivity contribution < 1.29 is 4.74 Å². The molecule has 2 nitrogen and oxygen atoms in total.